The van der Waals surface area contributed by atoms with Crippen molar-refractivity contribution in [3.05, 3.63) is 158 Å². The first-order valence-corrected chi connectivity index (χ1v) is 16.4. The lowest BCUT2D eigenvalue weighted by Crippen LogP contribution is -2.00. The molecule has 2 aromatic heterocycles. The average molecular weight is 619 g/mol. The number of benzene rings is 7. The van der Waals surface area contributed by atoms with E-state index in [0.29, 0.717) is 17.5 Å². The van der Waals surface area contributed by atoms with Gasteiger partial charge >= 0.3 is 0 Å². The molecule has 9 rings (SSSR count). The molecule has 0 aliphatic rings. The summed E-state index contributed by atoms with van der Waals surface area (Å²) < 4.78 is 1.19. The van der Waals surface area contributed by atoms with Crippen LogP contribution in [0.3, 0.4) is 0 Å². The maximum atomic E-state index is 5.12. The van der Waals surface area contributed by atoms with Crippen LogP contribution < -0.4 is 0 Å². The predicted octanol–water partition coefficient (Wildman–Crippen LogP) is 11.1. The monoisotopic (exact) mass is 618 g/mol. The summed E-state index contributed by atoms with van der Waals surface area (Å²) in [4.78, 5) is 20.1. The number of nitrogens with zero attached hydrogens (tertiary/aromatic N) is 4. The molecule has 0 saturated heterocycles. The van der Waals surface area contributed by atoms with Gasteiger partial charge in [-0.25, -0.2) is 19.9 Å². The van der Waals surface area contributed by atoms with Crippen LogP contribution in [0.5, 0.6) is 0 Å². The van der Waals surface area contributed by atoms with E-state index in [1.165, 1.54) is 10.1 Å². The van der Waals surface area contributed by atoms with E-state index in [1.54, 1.807) is 11.3 Å². The van der Waals surface area contributed by atoms with Gasteiger partial charge in [-0.1, -0.05) is 140 Å². The lowest BCUT2D eigenvalue weighted by molar-refractivity contribution is 1.08. The molecule has 47 heavy (non-hydrogen) atoms. The third-order valence-corrected chi connectivity index (χ3v) is 9.64. The maximum Gasteiger partial charge on any atom is 0.164 e. The molecule has 7 aromatic carbocycles. The number of fused-ring (bicyclic) bond motifs is 4. The first kappa shape index (κ1) is 27.3. The zero-order chi connectivity index (χ0) is 31.2. The number of thiazole rings is 1. The molecule has 0 spiro atoms. The normalized spacial score (nSPS) is 11.4. The minimum atomic E-state index is 0.650. The summed E-state index contributed by atoms with van der Waals surface area (Å²) >= 11 is 1.74. The molecule has 5 heteroatoms. The zero-order valence-electron chi connectivity index (χ0n) is 25.2. The molecule has 0 bridgehead atoms. The average Bonchev–Trinajstić information content (AvgIpc) is 3.60. The Morgan fingerprint density at radius 3 is 1.55 bits per heavy atom. The van der Waals surface area contributed by atoms with Gasteiger partial charge in [-0.05, 0) is 45.5 Å². The molecule has 0 saturated carbocycles. The van der Waals surface area contributed by atoms with Gasteiger partial charge in [0.2, 0.25) is 0 Å². The highest BCUT2D eigenvalue weighted by Gasteiger charge is 2.17. The Bertz CT molecular complexity index is 2500. The minimum absolute atomic E-state index is 0.650. The highest BCUT2D eigenvalue weighted by Crippen LogP contribution is 2.39. The summed E-state index contributed by atoms with van der Waals surface area (Å²) in [6.45, 7) is 0. The fourth-order valence-electron chi connectivity index (χ4n) is 6.26. The molecule has 0 atom stereocenters. The lowest BCUT2D eigenvalue weighted by atomic mass is 9.93. The summed E-state index contributed by atoms with van der Waals surface area (Å²) in [6.07, 6.45) is 0. The smallest absolute Gasteiger partial charge is 0.164 e. The van der Waals surface area contributed by atoms with Crippen molar-refractivity contribution in [2.24, 2.45) is 0 Å². The van der Waals surface area contributed by atoms with E-state index in [2.05, 4.69) is 91.0 Å². The molecule has 0 unspecified atom stereocenters. The summed E-state index contributed by atoms with van der Waals surface area (Å²) in [5.74, 6) is 1.95. The van der Waals surface area contributed by atoms with Crippen LogP contribution in [-0.4, -0.2) is 19.9 Å². The van der Waals surface area contributed by atoms with Gasteiger partial charge in [-0.15, -0.1) is 11.3 Å². The van der Waals surface area contributed by atoms with Crippen molar-refractivity contribution < 1.29 is 0 Å². The molecule has 0 radical (unpaired) electrons. The summed E-state index contributed by atoms with van der Waals surface area (Å²) in [6, 6.07) is 54.6. The number of hydrogen-bond donors (Lipinski definition) is 0. The van der Waals surface area contributed by atoms with Gasteiger partial charge in [0.25, 0.3) is 0 Å². The molecule has 2 heterocycles. The fourth-order valence-corrected chi connectivity index (χ4v) is 7.24. The number of rotatable bonds is 5. The quantitative estimate of drug-likeness (QED) is 0.193. The summed E-state index contributed by atoms with van der Waals surface area (Å²) in [7, 11) is 0. The molecule has 4 nitrogen and oxygen atoms in total. The van der Waals surface area contributed by atoms with Crippen molar-refractivity contribution in [1.82, 2.24) is 19.9 Å². The Morgan fingerprint density at radius 1 is 0.362 bits per heavy atom. The topological polar surface area (TPSA) is 51.6 Å². The van der Waals surface area contributed by atoms with Crippen LogP contribution in [0.4, 0.5) is 0 Å². The largest absolute Gasteiger partial charge is 0.235 e. The van der Waals surface area contributed by atoms with Crippen molar-refractivity contribution in [3.63, 3.8) is 0 Å². The third-order valence-electron chi connectivity index (χ3n) is 8.57. The van der Waals surface area contributed by atoms with E-state index in [0.717, 1.165) is 60.1 Å². The Kier molecular flexibility index (Phi) is 6.61. The standard InChI is InChI=1S/C42H26N4S/c1-4-12-28(13-5-1)39-44-40(29-14-6-2-7-15-29)46-41(45-39)35-24-23-32(33-18-10-11-19-34(33)35)31-21-20-27-22-25-37-38(36(27)26-31)43-42(47-37)30-16-8-3-9-17-30/h1-26H. The van der Waals surface area contributed by atoms with Crippen LogP contribution in [0, 0.1) is 0 Å². The van der Waals surface area contributed by atoms with Crippen LogP contribution in [0.25, 0.3) is 87.6 Å². The van der Waals surface area contributed by atoms with Crippen molar-refractivity contribution in [1.29, 1.82) is 0 Å². The van der Waals surface area contributed by atoms with E-state index in [9.17, 15) is 0 Å². The minimum Gasteiger partial charge on any atom is -0.235 e. The second-order valence-electron chi connectivity index (χ2n) is 11.5. The van der Waals surface area contributed by atoms with Crippen LogP contribution in [0.2, 0.25) is 0 Å². The summed E-state index contributed by atoms with van der Waals surface area (Å²) in [5.41, 5.74) is 7.36. The van der Waals surface area contributed by atoms with Crippen molar-refractivity contribution in [3.8, 4) is 55.9 Å². The number of hydrogen-bond acceptors (Lipinski definition) is 5. The van der Waals surface area contributed by atoms with Gasteiger partial charge in [0.05, 0.1) is 10.2 Å². The molecule has 0 aliphatic carbocycles. The Balaban J connectivity index is 1.21. The van der Waals surface area contributed by atoms with Crippen LogP contribution in [0.15, 0.2) is 158 Å². The fraction of sp³-hybridized carbons (Fsp3) is 0. The highest BCUT2D eigenvalue weighted by molar-refractivity contribution is 7.21. The molecule has 0 aliphatic heterocycles. The van der Waals surface area contributed by atoms with Crippen molar-refractivity contribution in [2.75, 3.05) is 0 Å². The van der Waals surface area contributed by atoms with Crippen molar-refractivity contribution >= 4 is 43.1 Å². The molecular formula is C42H26N4S. The Morgan fingerprint density at radius 2 is 0.894 bits per heavy atom. The first-order chi connectivity index (χ1) is 23.3. The summed E-state index contributed by atoms with van der Waals surface area (Å²) in [5, 5.41) is 5.61. The van der Waals surface area contributed by atoms with E-state index in [-0.39, 0.29) is 0 Å². The highest BCUT2D eigenvalue weighted by atomic mass is 32.1. The Hall–Kier alpha value is -6.04. The van der Waals surface area contributed by atoms with E-state index in [4.69, 9.17) is 19.9 Å². The Labute approximate surface area is 275 Å². The molecule has 0 fully saturated rings. The van der Waals surface area contributed by atoms with Gasteiger partial charge in [-0.3, -0.25) is 0 Å². The van der Waals surface area contributed by atoms with Crippen molar-refractivity contribution in [2.45, 2.75) is 0 Å². The van der Waals surface area contributed by atoms with Crippen LogP contribution in [0.1, 0.15) is 0 Å². The van der Waals surface area contributed by atoms with Crippen LogP contribution in [-0.2, 0) is 0 Å². The zero-order valence-corrected chi connectivity index (χ0v) is 26.0. The predicted molar refractivity (Wildman–Crippen MR) is 195 cm³/mol. The van der Waals surface area contributed by atoms with Gasteiger partial charge in [-0.2, -0.15) is 0 Å². The molecule has 220 valence electrons. The van der Waals surface area contributed by atoms with E-state index < -0.39 is 0 Å². The second kappa shape index (κ2) is 11.4. The third kappa shape index (κ3) is 4.94. The van der Waals surface area contributed by atoms with Gasteiger partial charge in [0.15, 0.2) is 17.5 Å². The number of aromatic nitrogens is 4. The molecule has 0 N–H and O–H groups in total. The molecule has 0 amide bonds. The molecular weight excluding hydrogens is 593 g/mol. The van der Waals surface area contributed by atoms with E-state index in [1.807, 2.05) is 66.7 Å². The first-order valence-electron chi connectivity index (χ1n) is 15.6. The van der Waals surface area contributed by atoms with Gasteiger partial charge in [0.1, 0.15) is 5.01 Å². The van der Waals surface area contributed by atoms with E-state index >= 15 is 0 Å². The molecule has 9 aromatic rings. The maximum absolute atomic E-state index is 5.12. The second-order valence-corrected chi connectivity index (χ2v) is 12.5. The lowest BCUT2D eigenvalue weighted by Gasteiger charge is -2.13. The van der Waals surface area contributed by atoms with Gasteiger partial charge < -0.3 is 0 Å². The van der Waals surface area contributed by atoms with Crippen LogP contribution >= 0.6 is 11.3 Å². The SMILES string of the molecule is c1ccc(-c2nc(-c3ccccc3)nc(-c3ccc(-c4ccc5ccc6sc(-c7ccccc7)nc6c5c4)c4ccccc34)n2)cc1. The van der Waals surface area contributed by atoms with Gasteiger partial charge in [0, 0.05) is 27.6 Å².